The van der Waals surface area contributed by atoms with Gasteiger partial charge in [-0.15, -0.1) is 0 Å². The second kappa shape index (κ2) is 8.10. The number of nitrogens with zero attached hydrogens (tertiary/aromatic N) is 1. The van der Waals surface area contributed by atoms with E-state index in [1.165, 1.54) is 18.2 Å². The highest BCUT2D eigenvalue weighted by molar-refractivity contribution is 8.18. The number of carbonyl (C=O) groups is 3. The van der Waals surface area contributed by atoms with Crippen molar-refractivity contribution < 1.29 is 18.8 Å². The Morgan fingerprint density at radius 1 is 1.33 bits per heavy atom. The molecule has 7 heteroatoms. The monoisotopic (exact) mass is 350 g/mol. The Balaban J connectivity index is 1.97. The van der Waals surface area contributed by atoms with E-state index in [0.717, 1.165) is 16.7 Å². The molecule has 0 atom stereocenters. The number of hydrogen-bond acceptors (Lipinski definition) is 4. The van der Waals surface area contributed by atoms with Crippen LogP contribution in [0.4, 0.5) is 9.18 Å². The summed E-state index contributed by atoms with van der Waals surface area (Å²) < 4.78 is 13.6. The Labute approximate surface area is 144 Å². The van der Waals surface area contributed by atoms with Gasteiger partial charge >= 0.3 is 0 Å². The molecule has 0 bridgehead atoms. The van der Waals surface area contributed by atoms with Crippen LogP contribution in [-0.2, 0) is 9.59 Å². The van der Waals surface area contributed by atoms with Crippen LogP contribution in [0.2, 0.25) is 0 Å². The molecule has 1 heterocycles. The number of hydrogen-bond donors (Lipinski definition) is 1. The Hall–Kier alpha value is -2.15. The van der Waals surface area contributed by atoms with Gasteiger partial charge in [0, 0.05) is 25.1 Å². The zero-order valence-electron chi connectivity index (χ0n) is 13.5. The van der Waals surface area contributed by atoms with Gasteiger partial charge in [-0.1, -0.05) is 32.0 Å². The van der Waals surface area contributed by atoms with Gasteiger partial charge in [0.05, 0.1) is 4.91 Å². The van der Waals surface area contributed by atoms with Crippen LogP contribution >= 0.6 is 11.8 Å². The van der Waals surface area contributed by atoms with E-state index in [-0.39, 0.29) is 35.4 Å². The first-order chi connectivity index (χ1) is 11.4. The Kier molecular flexibility index (Phi) is 6.14. The van der Waals surface area contributed by atoms with Gasteiger partial charge in [-0.2, -0.15) is 0 Å². The van der Waals surface area contributed by atoms with Gasteiger partial charge < -0.3 is 5.32 Å². The summed E-state index contributed by atoms with van der Waals surface area (Å²) in [5.74, 6) is -0.790. The van der Waals surface area contributed by atoms with Crippen LogP contribution in [0.1, 0.15) is 25.8 Å². The molecule has 2 rings (SSSR count). The lowest BCUT2D eigenvalue weighted by atomic mass is 10.1. The standard InChI is InChI=1S/C17H19FN2O3S/c1-11(2)9-15(21)19-7-8-20-16(22)14(24-17(20)23)10-12-5-3-4-6-13(12)18/h3-6,10-11H,7-9H2,1-2H3,(H,19,21)/b14-10-. The third kappa shape index (κ3) is 4.67. The second-order valence-corrected chi connectivity index (χ2v) is 6.80. The third-order valence-corrected chi connectivity index (χ3v) is 4.22. The summed E-state index contributed by atoms with van der Waals surface area (Å²) in [4.78, 5) is 37.0. The topological polar surface area (TPSA) is 66.5 Å². The van der Waals surface area contributed by atoms with Crippen molar-refractivity contribution in [1.29, 1.82) is 0 Å². The van der Waals surface area contributed by atoms with E-state index in [1.807, 2.05) is 13.8 Å². The normalized spacial score (nSPS) is 16.3. The average molecular weight is 350 g/mol. The molecule has 0 aromatic heterocycles. The number of nitrogens with one attached hydrogen (secondary N) is 1. The fourth-order valence-corrected chi connectivity index (χ4v) is 3.03. The summed E-state index contributed by atoms with van der Waals surface area (Å²) in [7, 11) is 0. The van der Waals surface area contributed by atoms with Crippen LogP contribution in [0.5, 0.6) is 0 Å². The van der Waals surface area contributed by atoms with Crippen LogP contribution in [0.15, 0.2) is 29.2 Å². The van der Waals surface area contributed by atoms with Gasteiger partial charge in [0.1, 0.15) is 5.82 Å². The van der Waals surface area contributed by atoms with Crippen molar-refractivity contribution in [2.75, 3.05) is 13.1 Å². The molecule has 128 valence electrons. The summed E-state index contributed by atoms with van der Waals surface area (Å²) in [6.45, 7) is 4.17. The van der Waals surface area contributed by atoms with Crippen molar-refractivity contribution in [3.05, 3.63) is 40.6 Å². The molecule has 24 heavy (non-hydrogen) atoms. The number of benzene rings is 1. The van der Waals surface area contributed by atoms with Gasteiger partial charge in [0.2, 0.25) is 5.91 Å². The number of amides is 3. The minimum atomic E-state index is -0.466. The molecule has 1 aliphatic rings. The van der Waals surface area contributed by atoms with Crippen molar-refractivity contribution >= 4 is 34.9 Å². The number of carbonyl (C=O) groups excluding carboxylic acids is 3. The molecule has 0 saturated carbocycles. The number of imide groups is 1. The number of rotatable bonds is 6. The Bertz CT molecular complexity index is 688. The molecule has 1 aromatic carbocycles. The number of thioether (sulfide) groups is 1. The molecule has 0 spiro atoms. The van der Waals surface area contributed by atoms with E-state index < -0.39 is 17.0 Å². The van der Waals surface area contributed by atoms with E-state index >= 15 is 0 Å². The lowest BCUT2D eigenvalue weighted by Crippen LogP contribution is -2.37. The predicted molar refractivity (Wildman–Crippen MR) is 91.5 cm³/mol. The molecule has 5 nitrogen and oxygen atoms in total. The minimum Gasteiger partial charge on any atom is -0.354 e. The van der Waals surface area contributed by atoms with Crippen LogP contribution in [0, 0.1) is 11.7 Å². The highest BCUT2D eigenvalue weighted by atomic mass is 32.2. The van der Waals surface area contributed by atoms with Crippen molar-refractivity contribution in [2.24, 2.45) is 5.92 Å². The van der Waals surface area contributed by atoms with E-state index in [4.69, 9.17) is 0 Å². The summed E-state index contributed by atoms with van der Waals surface area (Å²) in [6.07, 6.45) is 1.77. The predicted octanol–water partition coefficient (Wildman–Crippen LogP) is 3.02. The highest BCUT2D eigenvalue weighted by Gasteiger charge is 2.34. The Morgan fingerprint density at radius 3 is 2.71 bits per heavy atom. The van der Waals surface area contributed by atoms with Gasteiger partial charge in [-0.25, -0.2) is 4.39 Å². The van der Waals surface area contributed by atoms with E-state index in [0.29, 0.717) is 6.42 Å². The van der Waals surface area contributed by atoms with Crippen molar-refractivity contribution in [2.45, 2.75) is 20.3 Å². The van der Waals surface area contributed by atoms with Gasteiger partial charge in [-0.3, -0.25) is 19.3 Å². The smallest absolute Gasteiger partial charge is 0.293 e. The average Bonchev–Trinajstić information content (AvgIpc) is 2.76. The quantitative estimate of drug-likeness (QED) is 0.801. The fraction of sp³-hybridized carbons (Fsp3) is 0.353. The van der Waals surface area contributed by atoms with Crippen molar-refractivity contribution in [1.82, 2.24) is 10.2 Å². The van der Waals surface area contributed by atoms with E-state index in [9.17, 15) is 18.8 Å². The SMILES string of the molecule is CC(C)CC(=O)NCCN1C(=O)S/C(=C\c2ccccc2F)C1=O. The maximum atomic E-state index is 13.6. The maximum absolute atomic E-state index is 13.6. The molecule has 1 aliphatic heterocycles. The molecule has 1 aromatic rings. The fourth-order valence-electron chi connectivity index (χ4n) is 2.18. The lowest BCUT2D eigenvalue weighted by Gasteiger charge is -2.13. The van der Waals surface area contributed by atoms with Crippen molar-refractivity contribution in [3.63, 3.8) is 0 Å². The van der Waals surface area contributed by atoms with E-state index in [1.54, 1.807) is 12.1 Å². The molecule has 1 fully saturated rings. The maximum Gasteiger partial charge on any atom is 0.293 e. The van der Waals surface area contributed by atoms with Gasteiger partial charge in [-0.05, 0) is 29.8 Å². The Morgan fingerprint density at radius 2 is 2.04 bits per heavy atom. The van der Waals surface area contributed by atoms with Gasteiger partial charge in [0.25, 0.3) is 11.1 Å². The van der Waals surface area contributed by atoms with E-state index in [2.05, 4.69) is 5.32 Å². The summed E-state index contributed by atoms with van der Waals surface area (Å²) >= 11 is 0.774. The molecular weight excluding hydrogens is 331 g/mol. The van der Waals surface area contributed by atoms with Crippen LogP contribution in [0.25, 0.3) is 6.08 Å². The van der Waals surface area contributed by atoms with Gasteiger partial charge in [0.15, 0.2) is 0 Å². The first-order valence-corrected chi connectivity index (χ1v) is 8.46. The van der Waals surface area contributed by atoms with Crippen LogP contribution in [-0.4, -0.2) is 35.0 Å². The summed E-state index contributed by atoms with van der Waals surface area (Å²) in [5, 5.41) is 2.27. The molecule has 0 radical (unpaired) electrons. The van der Waals surface area contributed by atoms with Crippen LogP contribution < -0.4 is 5.32 Å². The molecule has 1 saturated heterocycles. The molecule has 3 amide bonds. The highest BCUT2D eigenvalue weighted by Crippen LogP contribution is 2.32. The third-order valence-electron chi connectivity index (χ3n) is 3.32. The number of halogens is 1. The molecule has 0 aliphatic carbocycles. The first kappa shape index (κ1) is 18.2. The summed E-state index contributed by atoms with van der Waals surface area (Å²) in [5.41, 5.74) is 0.258. The second-order valence-electron chi connectivity index (χ2n) is 5.80. The zero-order valence-corrected chi connectivity index (χ0v) is 14.4. The first-order valence-electron chi connectivity index (χ1n) is 7.65. The molecule has 1 N–H and O–H groups in total. The summed E-state index contributed by atoms with van der Waals surface area (Å²) in [6, 6.07) is 6.04. The zero-order chi connectivity index (χ0) is 17.7. The lowest BCUT2D eigenvalue weighted by molar-refractivity contribution is -0.124. The molecular formula is C17H19FN2O3S. The molecule has 0 unspecified atom stereocenters. The van der Waals surface area contributed by atoms with Crippen LogP contribution in [0.3, 0.4) is 0 Å². The largest absolute Gasteiger partial charge is 0.354 e. The minimum absolute atomic E-state index is 0.100. The van der Waals surface area contributed by atoms with Crippen molar-refractivity contribution in [3.8, 4) is 0 Å².